The van der Waals surface area contributed by atoms with E-state index in [1.165, 1.54) is 35.1 Å². The lowest BCUT2D eigenvalue weighted by molar-refractivity contribution is -0.384. The van der Waals surface area contributed by atoms with Crippen molar-refractivity contribution in [3.63, 3.8) is 0 Å². The zero-order chi connectivity index (χ0) is 31.2. The normalized spacial score (nSPS) is 14.5. The summed E-state index contributed by atoms with van der Waals surface area (Å²) in [5.74, 6) is 0.439. The minimum absolute atomic E-state index is 0.0473. The number of unbranched alkanes of at least 4 members (excludes halogenated alkanes) is 1. The van der Waals surface area contributed by atoms with Crippen LogP contribution in [0.15, 0.2) is 93.9 Å². The van der Waals surface area contributed by atoms with Gasteiger partial charge in [-0.25, -0.2) is 9.79 Å². The predicted octanol–water partition coefficient (Wildman–Crippen LogP) is 5.07. The van der Waals surface area contributed by atoms with Crippen molar-refractivity contribution in [1.82, 2.24) is 4.57 Å². The largest absolute Gasteiger partial charge is 0.493 e. The number of thiazole rings is 1. The number of allylic oxidation sites excluding steroid dienone is 1. The number of esters is 1. The van der Waals surface area contributed by atoms with Gasteiger partial charge in [0, 0.05) is 12.1 Å². The van der Waals surface area contributed by atoms with Gasteiger partial charge < -0.3 is 14.2 Å². The zero-order valence-corrected chi connectivity index (χ0v) is 25.3. The lowest BCUT2D eigenvalue weighted by atomic mass is 9.95. The molecule has 2 heterocycles. The molecule has 0 saturated carbocycles. The average molecular weight is 614 g/mol. The Morgan fingerprint density at radius 1 is 1.09 bits per heavy atom. The molecule has 1 atom stereocenters. The van der Waals surface area contributed by atoms with Gasteiger partial charge in [-0.15, -0.1) is 0 Å². The van der Waals surface area contributed by atoms with E-state index in [1.807, 2.05) is 36.4 Å². The topological polar surface area (TPSA) is 122 Å². The standard InChI is InChI=1S/C33H31N3O7S/c1-4-5-17-42-26-16-13-24(19-27(26)41-3)30-29(32(38)43-20-23-9-7-6-8-10-23)21(2)34-33-35(30)31(37)28(44-33)18-22-11-14-25(15-12-22)36(39)40/h6-16,18-19,30H,4-5,17,20H2,1-3H3. The van der Waals surface area contributed by atoms with Gasteiger partial charge in [0.2, 0.25) is 0 Å². The molecule has 1 unspecified atom stereocenters. The molecule has 0 fully saturated rings. The second-order valence-corrected chi connectivity index (χ2v) is 11.1. The first-order valence-electron chi connectivity index (χ1n) is 14.1. The average Bonchev–Trinajstić information content (AvgIpc) is 3.33. The van der Waals surface area contributed by atoms with Gasteiger partial charge in [-0.05, 0) is 60.4 Å². The Labute approximate surface area is 257 Å². The van der Waals surface area contributed by atoms with Crippen LogP contribution in [-0.2, 0) is 16.1 Å². The Hall–Kier alpha value is -5.03. The van der Waals surface area contributed by atoms with Gasteiger partial charge in [0.15, 0.2) is 16.3 Å². The van der Waals surface area contributed by atoms with E-state index in [1.54, 1.807) is 37.3 Å². The smallest absolute Gasteiger partial charge is 0.338 e. The SMILES string of the molecule is CCCCOc1ccc(C2C(C(=O)OCc3ccccc3)=C(C)N=c3sc(=Cc4ccc([N+](=O)[O-])cc4)c(=O)n32)cc1OC. The molecule has 0 amide bonds. The number of nitro groups is 1. The fourth-order valence-corrected chi connectivity index (χ4v) is 5.89. The summed E-state index contributed by atoms with van der Waals surface area (Å²) in [5.41, 5.74) is 2.32. The van der Waals surface area contributed by atoms with Crippen molar-refractivity contribution in [2.75, 3.05) is 13.7 Å². The zero-order valence-electron chi connectivity index (χ0n) is 24.5. The molecule has 10 nitrogen and oxygen atoms in total. The fraction of sp³-hybridized carbons (Fsp3) is 0.242. The number of nitro benzene ring substituents is 1. The van der Waals surface area contributed by atoms with Crippen LogP contribution in [0, 0.1) is 10.1 Å². The van der Waals surface area contributed by atoms with E-state index < -0.39 is 16.9 Å². The maximum atomic E-state index is 14.0. The van der Waals surface area contributed by atoms with Crippen molar-refractivity contribution in [1.29, 1.82) is 0 Å². The lowest BCUT2D eigenvalue weighted by Gasteiger charge is -2.25. The fourth-order valence-electron chi connectivity index (χ4n) is 4.84. The number of hydrogen-bond donors (Lipinski definition) is 0. The van der Waals surface area contributed by atoms with Gasteiger partial charge in [0.05, 0.1) is 40.5 Å². The third-order valence-electron chi connectivity index (χ3n) is 7.11. The number of carbonyl (C=O) groups is 1. The molecule has 0 bridgehead atoms. The molecule has 226 valence electrons. The highest BCUT2D eigenvalue weighted by Gasteiger charge is 2.34. The van der Waals surface area contributed by atoms with Crippen molar-refractivity contribution >= 4 is 29.1 Å². The third-order valence-corrected chi connectivity index (χ3v) is 8.10. The number of benzene rings is 3. The summed E-state index contributed by atoms with van der Waals surface area (Å²) in [6.07, 6.45) is 3.52. The maximum absolute atomic E-state index is 14.0. The van der Waals surface area contributed by atoms with Gasteiger partial charge in [-0.2, -0.15) is 0 Å². The number of carbonyl (C=O) groups excluding carboxylic acids is 1. The summed E-state index contributed by atoms with van der Waals surface area (Å²) < 4.78 is 19.1. The lowest BCUT2D eigenvalue weighted by Crippen LogP contribution is -2.39. The summed E-state index contributed by atoms with van der Waals surface area (Å²) >= 11 is 1.17. The van der Waals surface area contributed by atoms with Crippen molar-refractivity contribution in [3.8, 4) is 11.5 Å². The van der Waals surface area contributed by atoms with Crippen LogP contribution in [-0.4, -0.2) is 29.2 Å². The highest BCUT2D eigenvalue weighted by molar-refractivity contribution is 7.07. The molecule has 1 aromatic heterocycles. The minimum Gasteiger partial charge on any atom is -0.493 e. The quantitative estimate of drug-likeness (QED) is 0.100. The molecule has 0 spiro atoms. The number of fused-ring (bicyclic) bond motifs is 1. The van der Waals surface area contributed by atoms with Crippen molar-refractivity contribution in [2.45, 2.75) is 39.3 Å². The third kappa shape index (κ3) is 6.47. The molecule has 0 N–H and O–H groups in total. The molecule has 5 rings (SSSR count). The van der Waals surface area contributed by atoms with Crippen LogP contribution >= 0.6 is 11.3 Å². The molecule has 0 saturated heterocycles. The Morgan fingerprint density at radius 3 is 2.52 bits per heavy atom. The van der Waals surface area contributed by atoms with Crippen molar-refractivity contribution in [3.05, 3.63) is 131 Å². The maximum Gasteiger partial charge on any atom is 0.338 e. The van der Waals surface area contributed by atoms with Crippen LogP contribution in [0.2, 0.25) is 0 Å². The van der Waals surface area contributed by atoms with E-state index in [4.69, 9.17) is 14.2 Å². The van der Waals surface area contributed by atoms with Crippen LogP contribution < -0.4 is 24.4 Å². The van der Waals surface area contributed by atoms with Gasteiger partial charge in [-0.3, -0.25) is 19.5 Å². The second kappa shape index (κ2) is 13.5. The van der Waals surface area contributed by atoms with Crippen LogP contribution in [0.1, 0.15) is 49.4 Å². The van der Waals surface area contributed by atoms with E-state index in [0.717, 1.165) is 18.4 Å². The summed E-state index contributed by atoms with van der Waals surface area (Å²) in [6.45, 7) is 4.38. The van der Waals surface area contributed by atoms with E-state index in [9.17, 15) is 19.7 Å². The molecule has 1 aliphatic rings. The molecular formula is C33H31N3O7S. The number of aromatic nitrogens is 1. The molecule has 0 radical (unpaired) electrons. The van der Waals surface area contributed by atoms with Crippen molar-refractivity contribution in [2.24, 2.45) is 4.99 Å². The molecule has 11 heteroatoms. The first kappa shape index (κ1) is 30.4. The van der Waals surface area contributed by atoms with E-state index in [2.05, 4.69) is 11.9 Å². The Kier molecular flexibility index (Phi) is 9.35. The second-order valence-electron chi connectivity index (χ2n) is 10.1. The van der Waals surface area contributed by atoms with Crippen LogP contribution in [0.3, 0.4) is 0 Å². The molecule has 4 aromatic rings. The predicted molar refractivity (Wildman–Crippen MR) is 166 cm³/mol. The van der Waals surface area contributed by atoms with Gasteiger partial charge >= 0.3 is 5.97 Å². The summed E-state index contributed by atoms with van der Waals surface area (Å²) in [4.78, 5) is 43.3. The van der Waals surface area contributed by atoms with Gasteiger partial charge in [-0.1, -0.05) is 61.1 Å². The minimum atomic E-state index is -0.855. The molecule has 44 heavy (non-hydrogen) atoms. The highest BCUT2D eigenvalue weighted by atomic mass is 32.1. The van der Waals surface area contributed by atoms with E-state index in [0.29, 0.717) is 44.3 Å². The summed E-state index contributed by atoms with van der Waals surface area (Å²) in [7, 11) is 1.54. The van der Waals surface area contributed by atoms with E-state index >= 15 is 0 Å². The summed E-state index contributed by atoms with van der Waals surface area (Å²) in [5, 5.41) is 11.1. The first-order valence-corrected chi connectivity index (χ1v) is 14.9. The van der Waals surface area contributed by atoms with Gasteiger partial charge in [0.1, 0.15) is 6.61 Å². The number of nitrogens with zero attached hydrogens (tertiary/aromatic N) is 3. The van der Waals surface area contributed by atoms with Gasteiger partial charge in [0.25, 0.3) is 11.2 Å². The Bertz CT molecular complexity index is 1890. The Morgan fingerprint density at radius 2 is 1.84 bits per heavy atom. The number of rotatable bonds is 11. The van der Waals surface area contributed by atoms with Crippen LogP contribution in [0.5, 0.6) is 11.5 Å². The first-order chi connectivity index (χ1) is 21.3. The molecule has 0 aliphatic carbocycles. The monoisotopic (exact) mass is 613 g/mol. The van der Waals surface area contributed by atoms with Crippen LogP contribution in [0.4, 0.5) is 5.69 Å². The molecular weight excluding hydrogens is 582 g/mol. The summed E-state index contributed by atoms with van der Waals surface area (Å²) in [6, 6.07) is 19.8. The van der Waals surface area contributed by atoms with Crippen LogP contribution in [0.25, 0.3) is 6.08 Å². The number of non-ortho nitro benzene ring substituents is 1. The molecule has 1 aliphatic heterocycles. The number of ether oxygens (including phenoxy) is 3. The van der Waals surface area contributed by atoms with Crippen molar-refractivity contribution < 1.29 is 23.9 Å². The highest BCUT2D eigenvalue weighted by Crippen LogP contribution is 2.36. The molecule has 3 aromatic carbocycles. The number of methoxy groups -OCH3 is 1. The van der Waals surface area contributed by atoms with E-state index in [-0.39, 0.29) is 23.4 Å². The Balaban J connectivity index is 1.60. The number of hydrogen-bond acceptors (Lipinski definition) is 9.